The lowest BCUT2D eigenvalue weighted by atomic mass is 10.0. The molecule has 0 bridgehead atoms. The maximum Gasteiger partial charge on any atom is 0.140 e. The fraction of sp³-hybridized carbons (Fsp3) is 0.500. The summed E-state index contributed by atoms with van der Waals surface area (Å²) in [5.41, 5.74) is 1.68. The molecular weight excluding hydrogens is 213 g/mol. The molecule has 0 saturated carbocycles. The van der Waals surface area contributed by atoms with E-state index in [1.807, 2.05) is 19.1 Å². The Labute approximate surface area is 94.6 Å². The SMILES string of the molecule is Cc1ccc(C(F)C2CCCN2)cc1Cl. The third-order valence-corrected chi connectivity index (χ3v) is 3.37. The number of rotatable bonds is 2. The van der Waals surface area contributed by atoms with Gasteiger partial charge in [-0.15, -0.1) is 0 Å². The van der Waals surface area contributed by atoms with Gasteiger partial charge in [0.2, 0.25) is 0 Å². The summed E-state index contributed by atoms with van der Waals surface area (Å²) in [6.45, 7) is 2.85. The highest BCUT2D eigenvalue weighted by Crippen LogP contribution is 2.29. The van der Waals surface area contributed by atoms with Crippen molar-refractivity contribution in [3.63, 3.8) is 0 Å². The summed E-state index contributed by atoms with van der Waals surface area (Å²) in [5, 5.41) is 3.82. The van der Waals surface area contributed by atoms with Gasteiger partial charge in [0.25, 0.3) is 0 Å². The van der Waals surface area contributed by atoms with E-state index in [1.54, 1.807) is 6.07 Å². The van der Waals surface area contributed by atoms with Crippen molar-refractivity contribution in [1.29, 1.82) is 0 Å². The number of hydrogen-bond donors (Lipinski definition) is 1. The molecule has 1 N–H and O–H groups in total. The van der Waals surface area contributed by atoms with E-state index in [0.29, 0.717) is 10.6 Å². The minimum Gasteiger partial charge on any atom is -0.311 e. The van der Waals surface area contributed by atoms with Crippen molar-refractivity contribution in [3.05, 3.63) is 34.3 Å². The van der Waals surface area contributed by atoms with Gasteiger partial charge in [0.1, 0.15) is 6.17 Å². The minimum atomic E-state index is -0.939. The van der Waals surface area contributed by atoms with Gasteiger partial charge in [0.05, 0.1) is 0 Å². The van der Waals surface area contributed by atoms with E-state index >= 15 is 0 Å². The molecule has 0 amide bonds. The highest BCUT2D eigenvalue weighted by molar-refractivity contribution is 6.31. The van der Waals surface area contributed by atoms with Gasteiger partial charge < -0.3 is 5.32 Å². The van der Waals surface area contributed by atoms with Crippen LogP contribution in [0, 0.1) is 6.92 Å². The number of hydrogen-bond acceptors (Lipinski definition) is 1. The largest absolute Gasteiger partial charge is 0.311 e. The van der Waals surface area contributed by atoms with Gasteiger partial charge in [0, 0.05) is 11.1 Å². The van der Waals surface area contributed by atoms with Gasteiger partial charge in [-0.2, -0.15) is 0 Å². The third kappa shape index (κ3) is 2.32. The Morgan fingerprint density at radius 1 is 1.53 bits per heavy atom. The average molecular weight is 228 g/mol. The zero-order valence-electron chi connectivity index (χ0n) is 8.76. The van der Waals surface area contributed by atoms with E-state index < -0.39 is 6.17 Å². The molecule has 2 atom stereocenters. The van der Waals surface area contributed by atoms with E-state index in [-0.39, 0.29) is 6.04 Å². The molecular formula is C12H15ClFN. The minimum absolute atomic E-state index is 0.0382. The van der Waals surface area contributed by atoms with Gasteiger partial charge in [-0.1, -0.05) is 23.7 Å². The molecule has 2 rings (SSSR count). The molecule has 1 nitrogen and oxygen atoms in total. The highest BCUT2D eigenvalue weighted by atomic mass is 35.5. The third-order valence-electron chi connectivity index (χ3n) is 2.97. The maximum absolute atomic E-state index is 14.0. The van der Waals surface area contributed by atoms with Crippen molar-refractivity contribution >= 4 is 11.6 Å². The predicted octanol–water partition coefficient (Wildman–Crippen LogP) is 3.41. The zero-order valence-corrected chi connectivity index (χ0v) is 9.52. The molecule has 1 fully saturated rings. The van der Waals surface area contributed by atoms with Crippen LogP contribution in [0.25, 0.3) is 0 Å². The second-order valence-electron chi connectivity index (χ2n) is 4.11. The zero-order chi connectivity index (χ0) is 10.8. The van der Waals surface area contributed by atoms with Crippen LogP contribution in [0.15, 0.2) is 18.2 Å². The number of halogens is 2. The van der Waals surface area contributed by atoms with Crippen molar-refractivity contribution in [2.75, 3.05) is 6.54 Å². The summed E-state index contributed by atoms with van der Waals surface area (Å²) in [6.07, 6.45) is 1.03. The quantitative estimate of drug-likeness (QED) is 0.817. The number of aryl methyl sites for hydroxylation is 1. The summed E-state index contributed by atoms with van der Waals surface area (Å²) in [5.74, 6) is 0. The molecule has 1 saturated heterocycles. The summed E-state index contributed by atoms with van der Waals surface area (Å²) in [7, 11) is 0. The first-order valence-corrected chi connectivity index (χ1v) is 5.70. The van der Waals surface area contributed by atoms with Gasteiger partial charge >= 0.3 is 0 Å². The number of benzene rings is 1. The van der Waals surface area contributed by atoms with E-state index in [1.165, 1.54) is 0 Å². The van der Waals surface area contributed by atoms with Crippen molar-refractivity contribution < 1.29 is 4.39 Å². The molecule has 15 heavy (non-hydrogen) atoms. The molecule has 82 valence electrons. The first-order chi connectivity index (χ1) is 7.18. The molecule has 1 aromatic carbocycles. The Morgan fingerprint density at radius 3 is 2.93 bits per heavy atom. The summed E-state index contributed by atoms with van der Waals surface area (Å²) in [4.78, 5) is 0. The monoisotopic (exact) mass is 227 g/mol. The van der Waals surface area contributed by atoms with Gasteiger partial charge in [0.15, 0.2) is 0 Å². The molecule has 1 heterocycles. The van der Waals surface area contributed by atoms with Crippen molar-refractivity contribution in [3.8, 4) is 0 Å². The normalized spacial score (nSPS) is 23.0. The molecule has 0 radical (unpaired) electrons. The topological polar surface area (TPSA) is 12.0 Å². The van der Waals surface area contributed by atoms with E-state index in [0.717, 1.165) is 24.9 Å². The van der Waals surface area contributed by atoms with Gasteiger partial charge in [-0.05, 0) is 43.5 Å². The van der Waals surface area contributed by atoms with Crippen LogP contribution in [0.2, 0.25) is 5.02 Å². The average Bonchev–Trinajstić information content (AvgIpc) is 2.74. The standard InChI is InChI=1S/C12H15ClFN/c1-8-4-5-9(7-10(8)13)12(14)11-3-2-6-15-11/h4-5,7,11-12,15H,2-3,6H2,1H3. The van der Waals surface area contributed by atoms with E-state index in [9.17, 15) is 4.39 Å². The Kier molecular flexibility index (Phi) is 3.27. The van der Waals surface area contributed by atoms with Crippen LogP contribution in [0.3, 0.4) is 0 Å². The summed E-state index contributed by atoms with van der Waals surface area (Å²) >= 11 is 5.98. The molecule has 1 aliphatic heterocycles. The molecule has 0 aromatic heterocycles. The first kappa shape index (κ1) is 10.9. The Balaban J connectivity index is 2.17. The second kappa shape index (κ2) is 4.50. The smallest absolute Gasteiger partial charge is 0.140 e. The maximum atomic E-state index is 14.0. The fourth-order valence-electron chi connectivity index (χ4n) is 1.97. The lowest BCUT2D eigenvalue weighted by Gasteiger charge is -2.16. The molecule has 3 heteroatoms. The van der Waals surface area contributed by atoms with Crippen LogP contribution in [-0.4, -0.2) is 12.6 Å². The van der Waals surface area contributed by atoms with Crippen molar-refractivity contribution in [2.24, 2.45) is 0 Å². The number of nitrogens with one attached hydrogen (secondary N) is 1. The van der Waals surface area contributed by atoms with Crippen LogP contribution in [-0.2, 0) is 0 Å². The van der Waals surface area contributed by atoms with Crippen molar-refractivity contribution in [1.82, 2.24) is 5.32 Å². The van der Waals surface area contributed by atoms with Crippen LogP contribution in [0.5, 0.6) is 0 Å². The molecule has 1 aliphatic rings. The van der Waals surface area contributed by atoms with Crippen LogP contribution < -0.4 is 5.32 Å². The van der Waals surface area contributed by atoms with E-state index in [2.05, 4.69) is 5.32 Å². The summed E-state index contributed by atoms with van der Waals surface area (Å²) in [6, 6.07) is 5.40. The number of alkyl halides is 1. The predicted molar refractivity (Wildman–Crippen MR) is 61.1 cm³/mol. The molecule has 1 aromatic rings. The Morgan fingerprint density at radius 2 is 2.33 bits per heavy atom. The fourth-order valence-corrected chi connectivity index (χ4v) is 2.16. The summed E-state index contributed by atoms with van der Waals surface area (Å²) < 4.78 is 14.0. The second-order valence-corrected chi connectivity index (χ2v) is 4.52. The van der Waals surface area contributed by atoms with E-state index in [4.69, 9.17) is 11.6 Å². The first-order valence-electron chi connectivity index (χ1n) is 5.32. The lowest BCUT2D eigenvalue weighted by molar-refractivity contribution is 0.271. The van der Waals surface area contributed by atoms with Crippen LogP contribution in [0.4, 0.5) is 4.39 Å². The van der Waals surface area contributed by atoms with Gasteiger partial charge in [-0.25, -0.2) is 4.39 Å². The molecule has 0 aliphatic carbocycles. The van der Waals surface area contributed by atoms with Crippen LogP contribution in [0.1, 0.15) is 30.1 Å². The Bertz CT molecular complexity index is 347. The lowest BCUT2D eigenvalue weighted by Crippen LogP contribution is -2.26. The molecule has 0 spiro atoms. The molecule has 2 unspecified atom stereocenters. The van der Waals surface area contributed by atoms with Crippen molar-refractivity contribution in [2.45, 2.75) is 32.0 Å². The highest BCUT2D eigenvalue weighted by Gasteiger charge is 2.25. The Hall–Kier alpha value is -0.600. The van der Waals surface area contributed by atoms with Gasteiger partial charge in [-0.3, -0.25) is 0 Å². The van der Waals surface area contributed by atoms with Crippen LogP contribution >= 0.6 is 11.6 Å².